The number of anilines is 1. The summed E-state index contributed by atoms with van der Waals surface area (Å²) in [5.74, 6) is 0. The van der Waals surface area contributed by atoms with Gasteiger partial charge in [-0.25, -0.2) is 21.5 Å². The van der Waals surface area contributed by atoms with Gasteiger partial charge >= 0.3 is 0 Å². The highest BCUT2D eigenvalue weighted by atomic mass is 32.2. The van der Waals surface area contributed by atoms with Gasteiger partial charge in [0, 0.05) is 13.1 Å². The van der Waals surface area contributed by atoms with Crippen LogP contribution >= 0.6 is 0 Å². The minimum absolute atomic E-state index is 0.0150. The van der Waals surface area contributed by atoms with Crippen molar-refractivity contribution in [3.8, 4) is 5.69 Å². The van der Waals surface area contributed by atoms with E-state index in [0.717, 1.165) is 31.4 Å². The molecule has 2 aromatic carbocycles. The first kappa shape index (κ1) is 22.5. The van der Waals surface area contributed by atoms with Crippen molar-refractivity contribution in [1.82, 2.24) is 14.1 Å². The van der Waals surface area contributed by atoms with Gasteiger partial charge in [0.15, 0.2) is 0 Å². The van der Waals surface area contributed by atoms with Gasteiger partial charge in [0.1, 0.15) is 4.90 Å². The minimum Gasteiger partial charge on any atom is -0.279 e. The van der Waals surface area contributed by atoms with E-state index in [2.05, 4.69) is 9.82 Å². The summed E-state index contributed by atoms with van der Waals surface area (Å²) in [6.45, 7) is 2.68. The summed E-state index contributed by atoms with van der Waals surface area (Å²) in [5, 5.41) is 4.13. The molecule has 1 N–H and O–H groups in total. The number of para-hydroxylation sites is 1. The highest BCUT2D eigenvalue weighted by Gasteiger charge is 2.27. The van der Waals surface area contributed by atoms with Crippen LogP contribution in [0.5, 0.6) is 0 Å². The molecule has 0 radical (unpaired) electrons. The first-order valence-electron chi connectivity index (χ1n) is 10.5. The molecule has 170 valence electrons. The molecule has 1 aliphatic rings. The fraction of sp³-hybridized carbons (Fsp3) is 0.318. The van der Waals surface area contributed by atoms with Crippen LogP contribution < -0.4 is 4.72 Å². The summed E-state index contributed by atoms with van der Waals surface area (Å²) < 4.78 is 57.8. The second-order valence-corrected chi connectivity index (χ2v) is 11.4. The van der Waals surface area contributed by atoms with Gasteiger partial charge < -0.3 is 0 Å². The Balaban J connectivity index is 1.60. The monoisotopic (exact) mass is 474 g/mol. The number of sulfonamides is 2. The summed E-state index contributed by atoms with van der Waals surface area (Å²) in [7, 11) is -7.66. The van der Waals surface area contributed by atoms with Crippen molar-refractivity contribution in [3.05, 3.63) is 66.5 Å². The molecular formula is C22H26N4O4S2. The zero-order chi connectivity index (χ0) is 22.8. The molecule has 0 unspecified atom stereocenters. The van der Waals surface area contributed by atoms with Gasteiger partial charge in [-0.15, -0.1) is 0 Å². The van der Waals surface area contributed by atoms with E-state index in [1.807, 2.05) is 30.3 Å². The lowest BCUT2D eigenvalue weighted by Gasteiger charge is -2.21. The van der Waals surface area contributed by atoms with Crippen molar-refractivity contribution in [2.45, 2.75) is 42.4 Å². The minimum atomic E-state index is -3.95. The number of aryl methyl sites for hydroxylation is 1. The molecule has 2 heterocycles. The third-order valence-electron chi connectivity index (χ3n) is 5.51. The fourth-order valence-electron chi connectivity index (χ4n) is 3.74. The van der Waals surface area contributed by atoms with E-state index in [0.29, 0.717) is 18.7 Å². The molecule has 0 bridgehead atoms. The van der Waals surface area contributed by atoms with E-state index in [1.165, 1.54) is 27.4 Å². The Hall–Kier alpha value is -2.69. The van der Waals surface area contributed by atoms with E-state index in [4.69, 9.17) is 0 Å². The summed E-state index contributed by atoms with van der Waals surface area (Å²) in [4.78, 5) is 0.110. The Morgan fingerprint density at radius 1 is 0.906 bits per heavy atom. The highest BCUT2D eigenvalue weighted by Crippen LogP contribution is 2.27. The Morgan fingerprint density at radius 3 is 2.28 bits per heavy atom. The second-order valence-electron chi connectivity index (χ2n) is 7.86. The van der Waals surface area contributed by atoms with Gasteiger partial charge in [0.05, 0.1) is 28.7 Å². The van der Waals surface area contributed by atoms with Crippen LogP contribution in [0.15, 0.2) is 70.7 Å². The van der Waals surface area contributed by atoms with Gasteiger partial charge in [-0.3, -0.25) is 4.72 Å². The van der Waals surface area contributed by atoms with Crippen LogP contribution in [0.1, 0.15) is 31.2 Å². The Bertz CT molecular complexity index is 1290. The first-order chi connectivity index (χ1) is 15.3. The Labute approximate surface area is 189 Å². The van der Waals surface area contributed by atoms with E-state index in [-0.39, 0.29) is 15.5 Å². The van der Waals surface area contributed by atoms with Crippen LogP contribution in [0.25, 0.3) is 5.69 Å². The van der Waals surface area contributed by atoms with Crippen LogP contribution in [0.3, 0.4) is 0 Å². The number of nitrogens with one attached hydrogen (secondary N) is 1. The van der Waals surface area contributed by atoms with E-state index >= 15 is 0 Å². The smallest absolute Gasteiger partial charge is 0.265 e. The molecule has 32 heavy (non-hydrogen) atoms. The molecule has 1 aliphatic heterocycles. The summed E-state index contributed by atoms with van der Waals surface area (Å²) in [6, 6.07) is 13.7. The quantitative estimate of drug-likeness (QED) is 0.589. The average molecular weight is 475 g/mol. The molecule has 0 aliphatic carbocycles. The lowest BCUT2D eigenvalue weighted by Crippen LogP contribution is -2.32. The van der Waals surface area contributed by atoms with Crippen molar-refractivity contribution >= 4 is 25.7 Å². The largest absolute Gasteiger partial charge is 0.279 e. The molecule has 1 fully saturated rings. The van der Waals surface area contributed by atoms with E-state index < -0.39 is 20.0 Å². The summed E-state index contributed by atoms with van der Waals surface area (Å²) in [6.07, 6.45) is 6.37. The molecule has 0 amide bonds. The highest BCUT2D eigenvalue weighted by molar-refractivity contribution is 7.92. The van der Waals surface area contributed by atoms with Crippen LogP contribution in [0, 0.1) is 6.92 Å². The zero-order valence-corrected chi connectivity index (χ0v) is 19.4. The molecule has 3 aromatic rings. The van der Waals surface area contributed by atoms with Crippen molar-refractivity contribution < 1.29 is 16.8 Å². The fourth-order valence-corrected chi connectivity index (χ4v) is 6.49. The van der Waals surface area contributed by atoms with Crippen molar-refractivity contribution in [1.29, 1.82) is 0 Å². The molecule has 0 spiro atoms. The van der Waals surface area contributed by atoms with Gasteiger partial charge in [-0.1, -0.05) is 37.1 Å². The number of benzene rings is 2. The van der Waals surface area contributed by atoms with Crippen molar-refractivity contribution in [3.63, 3.8) is 0 Å². The topological polar surface area (TPSA) is 101 Å². The normalized spacial score (nSPS) is 15.9. The van der Waals surface area contributed by atoms with Crippen LogP contribution in [0.4, 0.5) is 5.69 Å². The molecule has 10 heteroatoms. The maximum absolute atomic E-state index is 13.2. The first-order valence-corrected chi connectivity index (χ1v) is 13.4. The Morgan fingerprint density at radius 2 is 1.59 bits per heavy atom. The number of hydrogen-bond donors (Lipinski definition) is 1. The summed E-state index contributed by atoms with van der Waals surface area (Å²) >= 11 is 0. The molecule has 8 nitrogen and oxygen atoms in total. The van der Waals surface area contributed by atoms with Crippen LogP contribution in [-0.2, 0) is 20.0 Å². The molecule has 0 atom stereocenters. The second kappa shape index (κ2) is 9.05. The predicted octanol–water partition coefficient (Wildman–Crippen LogP) is 3.55. The van der Waals surface area contributed by atoms with Gasteiger partial charge in [-0.2, -0.15) is 9.40 Å². The maximum Gasteiger partial charge on any atom is 0.265 e. The maximum atomic E-state index is 13.2. The molecule has 4 rings (SSSR count). The molecule has 1 saturated heterocycles. The van der Waals surface area contributed by atoms with Gasteiger partial charge in [0.2, 0.25) is 10.0 Å². The average Bonchev–Trinajstić information content (AvgIpc) is 3.12. The number of aromatic nitrogens is 2. The third kappa shape index (κ3) is 4.72. The van der Waals surface area contributed by atoms with Crippen LogP contribution in [-0.4, -0.2) is 44.0 Å². The molecule has 1 aromatic heterocycles. The summed E-state index contributed by atoms with van der Waals surface area (Å²) in [5.41, 5.74) is 1.50. The third-order valence-corrected chi connectivity index (χ3v) is 8.89. The van der Waals surface area contributed by atoms with Crippen molar-refractivity contribution in [2.24, 2.45) is 0 Å². The Kier molecular flexibility index (Phi) is 6.36. The molecule has 0 saturated carbocycles. The number of rotatable bonds is 6. The van der Waals surface area contributed by atoms with Gasteiger partial charge in [-0.05, 0) is 49.6 Å². The lowest BCUT2D eigenvalue weighted by molar-refractivity contribution is 0.423. The van der Waals surface area contributed by atoms with E-state index in [1.54, 1.807) is 19.1 Å². The van der Waals surface area contributed by atoms with E-state index in [9.17, 15) is 16.8 Å². The zero-order valence-electron chi connectivity index (χ0n) is 17.8. The molecular weight excluding hydrogens is 448 g/mol. The van der Waals surface area contributed by atoms with Crippen molar-refractivity contribution in [2.75, 3.05) is 17.8 Å². The SMILES string of the molecule is Cc1ccc(NS(=O)(=O)c2cnn(-c3ccccc3)c2)cc1S(=O)(=O)N1CCCCCC1. The number of nitrogens with zero attached hydrogens (tertiary/aromatic N) is 3. The van der Waals surface area contributed by atoms with Gasteiger partial charge in [0.25, 0.3) is 10.0 Å². The lowest BCUT2D eigenvalue weighted by atomic mass is 10.2. The number of hydrogen-bond acceptors (Lipinski definition) is 5. The standard InChI is InChI=1S/C22H26N4O4S2/c1-18-11-12-19(15-22(18)32(29,30)25-13-7-2-3-8-14-25)24-31(27,28)21-16-23-26(17-21)20-9-5-4-6-10-20/h4-6,9-12,15-17,24H,2-3,7-8,13-14H2,1H3. The van der Waals surface area contributed by atoms with Crippen LogP contribution in [0.2, 0.25) is 0 Å². The predicted molar refractivity (Wildman–Crippen MR) is 123 cm³/mol.